The normalized spacial score (nSPS) is 13.3. The van der Waals surface area contributed by atoms with E-state index in [4.69, 9.17) is 0 Å². The molecule has 0 unspecified atom stereocenters. The van der Waals surface area contributed by atoms with Crippen LogP contribution in [0.15, 0.2) is 30.4 Å². The van der Waals surface area contributed by atoms with Gasteiger partial charge >= 0.3 is 0 Å². The first kappa shape index (κ1) is 10.9. The first-order valence-corrected chi connectivity index (χ1v) is 5.42. The van der Waals surface area contributed by atoms with E-state index in [-0.39, 0.29) is 5.91 Å². The van der Waals surface area contributed by atoms with Crippen LogP contribution >= 0.6 is 0 Å². The highest BCUT2D eigenvalue weighted by molar-refractivity contribution is 5.94. The Morgan fingerprint density at radius 1 is 1.44 bits per heavy atom. The van der Waals surface area contributed by atoms with Crippen LogP contribution in [0.25, 0.3) is 0 Å². The highest BCUT2D eigenvalue weighted by atomic mass is 16.1. The second kappa shape index (κ2) is 4.49. The average Bonchev–Trinajstić information content (AvgIpc) is 2.72. The maximum Gasteiger partial charge on any atom is 0.251 e. The molecule has 0 fully saturated rings. The van der Waals surface area contributed by atoms with Crippen molar-refractivity contribution >= 4 is 5.91 Å². The molecule has 0 atom stereocenters. The molecule has 1 aliphatic heterocycles. The van der Waals surface area contributed by atoms with Crippen molar-refractivity contribution in [2.24, 2.45) is 0 Å². The molecule has 1 aromatic carbocycles. The summed E-state index contributed by atoms with van der Waals surface area (Å²) in [5.74, 6) is -0.0299. The number of benzene rings is 1. The molecular formula is C13H16N2O. The largest absolute Gasteiger partial charge is 0.348 e. The molecule has 16 heavy (non-hydrogen) atoms. The zero-order valence-corrected chi connectivity index (χ0v) is 9.47. The molecule has 0 aliphatic carbocycles. The fourth-order valence-electron chi connectivity index (χ4n) is 1.77. The van der Waals surface area contributed by atoms with E-state index < -0.39 is 0 Å². The third-order valence-corrected chi connectivity index (χ3v) is 2.65. The van der Waals surface area contributed by atoms with Crippen LogP contribution in [-0.4, -0.2) is 12.5 Å². The highest BCUT2D eigenvalue weighted by Crippen LogP contribution is 2.16. The van der Waals surface area contributed by atoms with Crippen molar-refractivity contribution in [2.45, 2.75) is 20.0 Å². The van der Waals surface area contributed by atoms with Crippen molar-refractivity contribution in [3.8, 4) is 0 Å². The van der Waals surface area contributed by atoms with Crippen LogP contribution in [0.1, 0.15) is 28.4 Å². The molecule has 2 rings (SSSR count). The summed E-state index contributed by atoms with van der Waals surface area (Å²) < 4.78 is 0. The van der Waals surface area contributed by atoms with E-state index in [1.807, 2.05) is 25.1 Å². The predicted octanol–water partition coefficient (Wildman–Crippen LogP) is 1.60. The van der Waals surface area contributed by atoms with Crippen LogP contribution in [-0.2, 0) is 13.1 Å². The lowest BCUT2D eigenvalue weighted by Crippen LogP contribution is -2.24. The number of carbonyl (C=O) groups excluding carboxylic acids is 1. The Hall–Kier alpha value is -1.61. The average molecular weight is 216 g/mol. The maximum absolute atomic E-state index is 11.8. The SMILES string of the molecule is C=C(C)CNC(=O)c1ccc2c(c1)CNC2. The van der Waals surface area contributed by atoms with Gasteiger partial charge in [-0.25, -0.2) is 0 Å². The molecule has 0 spiro atoms. The van der Waals surface area contributed by atoms with Gasteiger partial charge in [-0.15, -0.1) is 0 Å². The fraction of sp³-hybridized carbons (Fsp3) is 0.308. The van der Waals surface area contributed by atoms with Crippen molar-refractivity contribution in [1.29, 1.82) is 0 Å². The Morgan fingerprint density at radius 3 is 2.94 bits per heavy atom. The molecule has 84 valence electrons. The molecule has 0 bridgehead atoms. The zero-order valence-electron chi connectivity index (χ0n) is 9.47. The molecule has 0 saturated carbocycles. The topological polar surface area (TPSA) is 41.1 Å². The standard InChI is InChI=1S/C13H16N2O/c1-9(2)6-15-13(16)10-3-4-11-7-14-8-12(11)5-10/h3-5,14H,1,6-8H2,2H3,(H,15,16). The second-order valence-corrected chi connectivity index (χ2v) is 4.23. The van der Waals surface area contributed by atoms with Crippen LogP contribution in [0.2, 0.25) is 0 Å². The minimum Gasteiger partial charge on any atom is -0.348 e. The van der Waals surface area contributed by atoms with Gasteiger partial charge in [0.05, 0.1) is 0 Å². The van der Waals surface area contributed by atoms with Crippen molar-refractivity contribution in [2.75, 3.05) is 6.54 Å². The Labute approximate surface area is 95.6 Å². The van der Waals surface area contributed by atoms with E-state index in [9.17, 15) is 4.79 Å². The van der Waals surface area contributed by atoms with Gasteiger partial charge in [0.15, 0.2) is 0 Å². The molecule has 0 radical (unpaired) electrons. The summed E-state index contributed by atoms with van der Waals surface area (Å²) in [7, 11) is 0. The van der Waals surface area contributed by atoms with E-state index in [0.29, 0.717) is 6.54 Å². The van der Waals surface area contributed by atoms with Gasteiger partial charge < -0.3 is 10.6 Å². The number of rotatable bonds is 3. The summed E-state index contributed by atoms with van der Waals surface area (Å²) in [6, 6.07) is 5.85. The highest BCUT2D eigenvalue weighted by Gasteiger charge is 2.12. The van der Waals surface area contributed by atoms with E-state index in [1.54, 1.807) is 0 Å². The third kappa shape index (κ3) is 2.31. The van der Waals surface area contributed by atoms with E-state index in [2.05, 4.69) is 17.2 Å². The van der Waals surface area contributed by atoms with Gasteiger partial charge in [-0.3, -0.25) is 4.79 Å². The molecule has 1 aromatic rings. The van der Waals surface area contributed by atoms with Gasteiger partial charge in [-0.2, -0.15) is 0 Å². The summed E-state index contributed by atoms with van der Waals surface area (Å²) >= 11 is 0. The van der Waals surface area contributed by atoms with Crippen molar-refractivity contribution in [3.05, 3.63) is 47.0 Å². The summed E-state index contributed by atoms with van der Waals surface area (Å²) in [5, 5.41) is 6.09. The predicted molar refractivity (Wildman–Crippen MR) is 64.1 cm³/mol. The van der Waals surface area contributed by atoms with Crippen LogP contribution in [0, 0.1) is 0 Å². The Bertz CT molecular complexity index is 438. The van der Waals surface area contributed by atoms with E-state index >= 15 is 0 Å². The van der Waals surface area contributed by atoms with Crippen LogP contribution in [0.3, 0.4) is 0 Å². The van der Waals surface area contributed by atoms with E-state index in [0.717, 1.165) is 24.2 Å². The third-order valence-electron chi connectivity index (χ3n) is 2.65. The number of hydrogen-bond acceptors (Lipinski definition) is 2. The zero-order chi connectivity index (χ0) is 11.5. The molecule has 0 saturated heterocycles. The molecular weight excluding hydrogens is 200 g/mol. The molecule has 2 N–H and O–H groups in total. The van der Waals surface area contributed by atoms with Crippen LogP contribution in [0.5, 0.6) is 0 Å². The number of amides is 1. The van der Waals surface area contributed by atoms with Gasteiger partial charge in [-0.05, 0) is 30.2 Å². The van der Waals surface area contributed by atoms with Gasteiger partial charge in [0.25, 0.3) is 5.91 Å². The first-order chi connectivity index (χ1) is 7.66. The van der Waals surface area contributed by atoms with Gasteiger partial charge in [0.2, 0.25) is 0 Å². The fourth-order valence-corrected chi connectivity index (χ4v) is 1.77. The van der Waals surface area contributed by atoms with Crippen molar-refractivity contribution in [3.63, 3.8) is 0 Å². The lowest BCUT2D eigenvalue weighted by molar-refractivity contribution is 0.0957. The van der Waals surface area contributed by atoms with Crippen molar-refractivity contribution in [1.82, 2.24) is 10.6 Å². The maximum atomic E-state index is 11.8. The Kier molecular flexibility index (Phi) is 3.06. The lowest BCUT2D eigenvalue weighted by Gasteiger charge is -2.06. The van der Waals surface area contributed by atoms with Gasteiger partial charge in [-0.1, -0.05) is 18.2 Å². The number of carbonyl (C=O) groups is 1. The molecule has 3 nitrogen and oxygen atoms in total. The number of nitrogens with one attached hydrogen (secondary N) is 2. The Balaban J connectivity index is 2.09. The lowest BCUT2D eigenvalue weighted by atomic mass is 10.1. The summed E-state index contributed by atoms with van der Waals surface area (Å²) in [6.07, 6.45) is 0. The molecule has 1 aliphatic rings. The number of hydrogen-bond donors (Lipinski definition) is 2. The number of fused-ring (bicyclic) bond motifs is 1. The first-order valence-electron chi connectivity index (χ1n) is 5.42. The van der Waals surface area contributed by atoms with Gasteiger partial charge in [0.1, 0.15) is 0 Å². The summed E-state index contributed by atoms with van der Waals surface area (Å²) in [6.45, 7) is 7.95. The minimum atomic E-state index is -0.0299. The second-order valence-electron chi connectivity index (χ2n) is 4.23. The van der Waals surface area contributed by atoms with Crippen LogP contribution in [0.4, 0.5) is 0 Å². The molecule has 1 heterocycles. The molecule has 1 amide bonds. The minimum absolute atomic E-state index is 0.0299. The Morgan fingerprint density at radius 2 is 2.19 bits per heavy atom. The molecule has 0 aromatic heterocycles. The summed E-state index contributed by atoms with van der Waals surface area (Å²) in [4.78, 5) is 11.8. The van der Waals surface area contributed by atoms with Crippen molar-refractivity contribution < 1.29 is 4.79 Å². The smallest absolute Gasteiger partial charge is 0.251 e. The quantitative estimate of drug-likeness (QED) is 0.753. The summed E-state index contributed by atoms with van der Waals surface area (Å²) in [5.41, 5.74) is 4.19. The van der Waals surface area contributed by atoms with E-state index in [1.165, 1.54) is 11.1 Å². The van der Waals surface area contributed by atoms with Crippen LogP contribution < -0.4 is 10.6 Å². The van der Waals surface area contributed by atoms with Gasteiger partial charge in [0, 0.05) is 25.2 Å². The monoisotopic (exact) mass is 216 g/mol. The molecule has 3 heteroatoms.